The van der Waals surface area contributed by atoms with Crippen LogP contribution in [0.25, 0.3) is 0 Å². The second-order valence-electron chi connectivity index (χ2n) is 3.68. The second-order valence-corrected chi connectivity index (χ2v) is 5.90. The van der Waals surface area contributed by atoms with Crippen LogP contribution in [-0.2, 0) is 19.1 Å². The Bertz CT molecular complexity index is 323. The lowest BCUT2D eigenvalue weighted by atomic mass is 10.2. The maximum atomic E-state index is 11.3. The number of thiol groups is 1. The predicted octanol–water partition coefficient (Wildman–Crippen LogP) is 1.91. The maximum absolute atomic E-state index is 11.3. The van der Waals surface area contributed by atoms with E-state index in [4.69, 9.17) is 0 Å². The molecule has 0 saturated heterocycles. The fraction of sp³-hybridized carbons (Fsp3) is 0.500. The van der Waals surface area contributed by atoms with Gasteiger partial charge in [0.05, 0.1) is 20.6 Å². The lowest BCUT2D eigenvalue weighted by molar-refractivity contribution is -0.142. The van der Waals surface area contributed by atoms with E-state index in [1.807, 2.05) is 12.2 Å². The Labute approximate surface area is 104 Å². The Morgan fingerprint density at radius 3 is 2.24 bits per heavy atom. The minimum absolute atomic E-state index is 0.159. The minimum Gasteiger partial charge on any atom is -0.469 e. The van der Waals surface area contributed by atoms with Crippen LogP contribution in [-0.4, -0.2) is 31.4 Å². The summed E-state index contributed by atoms with van der Waals surface area (Å²) in [6.45, 7) is 0. The molecule has 0 aromatic carbocycles. The van der Waals surface area contributed by atoms with Crippen molar-refractivity contribution in [2.45, 2.75) is 24.5 Å². The van der Waals surface area contributed by atoms with Crippen LogP contribution in [0.1, 0.15) is 19.3 Å². The first-order valence-electron chi connectivity index (χ1n) is 5.43. The molecule has 0 N–H and O–H groups in total. The highest BCUT2D eigenvalue weighted by molar-refractivity contribution is 8.22. The summed E-state index contributed by atoms with van der Waals surface area (Å²) in [6.07, 6.45) is 5.32. The van der Waals surface area contributed by atoms with E-state index in [-0.39, 0.29) is 17.2 Å². The van der Waals surface area contributed by atoms with Gasteiger partial charge in [0.15, 0.2) is 0 Å². The molecule has 0 fully saturated rings. The van der Waals surface area contributed by atoms with Gasteiger partial charge < -0.3 is 9.47 Å². The number of esters is 2. The molecule has 0 aliphatic carbocycles. The molecule has 1 heterocycles. The van der Waals surface area contributed by atoms with Gasteiger partial charge in [-0.25, -0.2) is 10.9 Å². The van der Waals surface area contributed by atoms with Crippen LogP contribution >= 0.6 is 10.9 Å². The molecular weight excluding hydrogens is 240 g/mol. The van der Waals surface area contributed by atoms with Crippen LogP contribution < -0.4 is 0 Å². The average molecular weight is 258 g/mol. The van der Waals surface area contributed by atoms with Gasteiger partial charge in [0.2, 0.25) is 0 Å². The van der Waals surface area contributed by atoms with Crippen molar-refractivity contribution >= 4 is 22.8 Å². The van der Waals surface area contributed by atoms with Crippen LogP contribution in [0.15, 0.2) is 23.0 Å². The molecule has 1 atom stereocenters. The Balaban J connectivity index is 2.52. The highest BCUT2D eigenvalue weighted by Crippen LogP contribution is 2.42. The third kappa shape index (κ3) is 4.65. The second kappa shape index (κ2) is 7.17. The summed E-state index contributed by atoms with van der Waals surface area (Å²) in [7, 11) is 2.30. The van der Waals surface area contributed by atoms with Crippen LogP contribution in [0.2, 0.25) is 0 Å². The first-order chi connectivity index (χ1) is 8.17. The molecule has 96 valence electrons. The van der Waals surface area contributed by atoms with Gasteiger partial charge >= 0.3 is 11.9 Å². The van der Waals surface area contributed by atoms with Crippen molar-refractivity contribution in [3.05, 3.63) is 23.0 Å². The van der Waals surface area contributed by atoms with Crippen LogP contribution in [0, 0.1) is 0 Å². The molecule has 0 radical (unpaired) electrons. The first-order valence-corrected chi connectivity index (χ1v) is 6.98. The van der Waals surface area contributed by atoms with Gasteiger partial charge in [-0.2, -0.15) is 0 Å². The van der Waals surface area contributed by atoms with Gasteiger partial charge in [0.1, 0.15) is 0 Å². The van der Waals surface area contributed by atoms with Crippen molar-refractivity contribution in [1.29, 1.82) is 0 Å². The summed E-state index contributed by atoms with van der Waals surface area (Å²) in [4.78, 5) is 22.4. The Hall–Kier alpha value is -1.23. The highest BCUT2D eigenvalue weighted by Gasteiger charge is 2.20. The molecule has 0 bridgehead atoms. The third-order valence-electron chi connectivity index (χ3n) is 2.59. The summed E-state index contributed by atoms with van der Waals surface area (Å²) in [5.74, 6) is -0.460. The van der Waals surface area contributed by atoms with Crippen molar-refractivity contribution < 1.29 is 19.1 Å². The Morgan fingerprint density at radius 2 is 1.71 bits per heavy atom. The van der Waals surface area contributed by atoms with Gasteiger partial charge in [0.25, 0.3) is 0 Å². The molecule has 4 nitrogen and oxygen atoms in total. The van der Waals surface area contributed by atoms with E-state index in [1.165, 1.54) is 14.2 Å². The number of methoxy groups -OCH3 is 2. The number of ether oxygens (including phenoxy) is 2. The molecule has 1 aliphatic rings. The SMILES string of the molecule is COC(=O)CCC(CC(=O)OC)[SH]1C=CC=C1. The number of carbonyl (C=O) groups is 2. The fourth-order valence-electron chi connectivity index (χ4n) is 1.61. The van der Waals surface area contributed by atoms with E-state index >= 15 is 0 Å². The molecule has 0 aromatic rings. The lowest BCUT2D eigenvalue weighted by Crippen LogP contribution is -2.16. The zero-order valence-corrected chi connectivity index (χ0v) is 11.0. The zero-order valence-electron chi connectivity index (χ0n) is 10.1. The Kier molecular flexibility index (Phi) is 5.83. The van der Waals surface area contributed by atoms with E-state index in [0.717, 1.165) is 0 Å². The van der Waals surface area contributed by atoms with Crippen molar-refractivity contribution in [3.8, 4) is 0 Å². The monoisotopic (exact) mass is 258 g/mol. The number of allylic oxidation sites excluding steroid dienone is 2. The number of hydrogen-bond donors (Lipinski definition) is 1. The molecule has 0 saturated carbocycles. The van der Waals surface area contributed by atoms with Crippen molar-refractivity contribution in [1.82, 2.24) is 0 Å². The predicted molar refractivity (Wildman–Crippen MR) is 68.9 cm³/mol. The van der Waals surface area contributed by atoms with Crippen molar-refractivity contribution in [3.63, 3.8) is 0 Å². The van der Waals surface area contributed by atoms with E-state index in [0.29, 0.717) is 19.3 Å². The molecule has 5 heteroatoms. The Morgan fingerprint density at radius 1 is 1.12 bits per heavy atom. The van der Waals surface area contributed by atoms with E-state index < -0.39 is 10.9 Å². The van der Waals surface area contributed by atoms with Gasteiger partial charge in [-0.3, -0.25) is 9.59 Å². The van der Waals surface area contributed by atoms with Gasteiger partial charge in [0, 0.05) is 11.7 Å². The third-order valence-corrected chi connectivity index (χ3v) is 4.91. The van der Waals surface area contributed by atoms with E-state index in [9.17, 15) is 9.59 Å². The van der Waals surface area contributed by atoms with Crippen LogP contribution in [0.5, 0.6) is 0 Å². The molecule has 1 rings (SSSR count). The van der Waals surface area contributed by atoms with Crippen molar-refractivity contribution in [2.75, 3.05) is 14.2 Å². The van der Waals surface area contributed by atoms with E-state index in [2.05, 4.69) is 20.3 Å². The first kappa shape index (κ1) is 13.8. The van der Waals surface area contributed by atoms with Crippen molar-refractivity contribution in [2.24, 2.45) is 0 Å². The smallest absolute Gasteiger partial charge is 0.306 e. The van der Waals surface area contributed by atoms with E-state index in [1.54, 1.807) is 0 Å². The van der Waals surface area contributed by atoms with Gasteiger partial charge in [-0.1, -0.05) is 12.2 Å². The number of rotatable bonds is 6. The zero-order chi connectivity index (χ0) is 12.7. The van der Waals surface area contributed by atoms with Crippen LogP contribution in [0.3, 0.4) is 0 Å². The normalized spacial score (nSPS) is 16.9. The maximum Gasteiger partial charge on any atom is 0.306 e. The fourth-order valence-corrected chi connectivity index (χ4v) is 3.58. The molecule has 0 aromatic heterocycles. The standard InChI is InChI=1S/C12H18O4S/c1-15-11(13)6-5-10(9-12(14)16-2)17-7-3-4-8-17/h3-4,7-8,10,17H,5-6,9H2,1-2H3. The highest BCUT2D eigenvalue weighted by atomic mass is 32.2. The largest absolute Gasteiger partial charge is 0.469 e. The molecule has 1 unspecified atom stereocenters. The summed E-state index contributed by atoms with van der Waals surface area (Å²) in [5, 5.41) is 4.35. The number of carbonyl (C=O) groups excluding carboxylic acids is 2. The topological polar surface area (TPSA) is 52.6 Å². The summed E-state index contributed by atoms with van der Waals surface area (Å²) in [5.41, 5.74) is 0. The molecular formula is C12H18O4S. The quantitative estimate of drug-likeness (QED) is 0.584. The summed E-state index contributed by atoms with van der Waals surface area (Å²) >= 11 is 0. The molecule has 1 aliphatic heterocycles. The summed E-state index contributed by atoms with van der Waals surface area (Å²) < 4.78 is 9.29. The molecule has 0 amide bonds. The lowest BCUT2D eigenvalue weighted by Gasteiger charge is -2.22. The van der Waals surface area contributed by atoms with Crippen LogP contribution in [0.4, 0.5) is 0 Å². The van der Waals surface area contributed by atoms with Gasteiger partial charge in [-0.05, 0) is 17.2 Å². The number of hydrogen-bond acceptors (Lipinski definition) is 4. The minimum atomic E-state index is -0.452. The van der Waals surface area contributed by atoms with Gasteiger partial charge in [-0.15, -0.1) is 0 Å². The molecule has 0 spiro atoms. The average Bonchev–Trinajstić information content (AvgIpc) is 2.87. The summed E-state index contributed by atoms with van der Waals surface area (Å²) in [6, 6.07) is 0. The molecule has 17 heavy (non-hydrogen) atoms.